The first-order valence-corrected chi connectivity index (χ1v) is 7.61. The van der Waals surface area contributed by atoms with Gasteiger partial charge in [-0.2, -0.15) is 0 Å². The lowest BCUT2D eigenvalue weighted by atomic mass is 10.2. The number of aryl methyl sites for hydroxylation is 1. The monoisotopic (exact) mass is 291 g/mol. The van der Waals surface area contributed by atoms with Crippen LogP contribution in [0.4, 0.5) is 5.82 Å². The minimum absolute atomic E-state index is 0.308. The van der Waals surface area contributed by atoms with Crippen LogP contribution < -0.4 is 5.32 Å². The van der Waals surface area contributed by atoms with Gasteiger partial charge in [-0.05, 0) is 25.3 Å². The van der Waals surface area contributed by atoms with Gasteiger partial charge in [0.1, 0.15) is 21.9 Å². The van der Waals surface area contributed by atoms with Crippen LogP contribution in [0.15, 0.2) is 6.33 Å². The van der Waals surface area contributed by atoms with Crippen molar-refractivity contribution in [1.82, 2.24) is 9.97 Å². The van der Waals surface area contributed by atoms with Crippen LogP contribution in [0.25, 0.3) is 10.2 Å². The van der Waals surface area contributed by atoms with Gasteiger partial charge >= 0.3 is 5.97 Å². The summed E-state index contributed by atoms with van der Waals surface area (Å²) in [5.41, 5.74) is 0.901. The highest BCUT2D eigenvalue weighted by molar-refractivity contribution is 7.20. The quantitative estimate of drug-likeness (QED) is 0.880. The first-order chi connectivity index (χ1) is 9.70. The molecule has 0 bridgehead atoms. The summed E-state index contributed by atoms with van der Waals surface area (Å²) in [6.45, 7) is 1.92. The van der Waals surface area contributed by atoms with Crippen molar-refractivity contribution in [3.05, 3.63) is 16.8 Å². The van der Waals surface area contributed by atoms with Crippen LogP contribution in [-0.2, 0) is 4.74 Å². The van der Waals surface area contributed by atoms with Crippen LogP contribution in [0.2, 0.25) is 0 Å². The highest BCUT2D eigenvalue weighted by Gasteiger charge is 2.22. The van der Waals surface area contributed by atoms with Crippen molar-refractivity contribution in [2.75, 3.05) is 12.4 Å². The number of rotatable bonds is 3. The lowest BCUT2D eigenvalue weighted by molar-refractivity contribution is 0.0605. The summed E-state index contributed by atoms with van der Waals surface area (Å²) in [6, 6.07) is 0.481. The van der Waals surface area contributed by atoms with Gasteiger partial charge in [0.15, 0.2) is 0 Å². The number of carbonyl (C=O) groups excluding carboxylic acids is 1. The lowest BCUT2D eigenvalue weighted by Crippen LogP contribution is -2.15. The zero-order valence-electron chi connectivity index (χ0n) is 11.6. The molecule has 2 aromatic heterocycles. The molecule has 0 spiro atoms. The Bertz CT molecular complexity index is 647. The van der Waals surface area contributed by atoms with E-state index in [1.807, 2.05) is 6.92 Å². The number of hydrogen-bond donors (Lipinski definition) is 1. The Kier molecular flexibility index (Phi) is 3.56. The molecular formula is C14H17N3O2S. The van der Waals surface area contributed by atoms with Gasteiger partial charge in [-0.25, -0.2) is 14.8 Å². The van der Waals surface area contributed by atoms with Crippen LogP contribution >= 0.6 is 11.3 Å². The Morgan fingerprint density at radius 2 is 2.15 bits per heavy atom. The van der Waals surface area contributed by atoms with Gasteiger partial charge in [0.05, 0.1) is 12.5 Å². The fourth-order valence-corrected chi connectivity index (χ4v) is 3.80. The van der Waals surface area contributed by atoms with E-state index >= 15 is 0 Å². The van der Waals surface area contributed by atoms with E-state index < -0.39 is 0 Å². The number of aromatic nitrogens is 2. The fourth-order valence-electron chi connectivity index (χ4n) is 2.73. The molecule has 2 aromatic rings. The van der Waals surface area contributed by atoms with Crippen molar-refractivity contribution in [3.8, 4) is 0 Å². The van der Waals surface area contributed by atoms with E-state index in [1.54, 1.807) is 6.33 Å². The first kappa shape index (κ1) is 13.3. The molecule has 1 saturated carbocycles. The molecule has 106 valence electrons. The fraction of sp³-hybridized carbons (Fsp3) is 0.500. The van der Waals surface area contributed by atoms with E-state index in [2.05, 4.69) is 15.3 Å². The van der Waals surface area contributed by atoms with Gasteiger partial charge in [0, 0.05) is 6.04 Å². The molecule has 6 heteroatoms. The molecule has 0 radical (unpaired) electrons. The number of hydrogen-bond acceptors (Lipinski definition) is 6. The molecule has 1 fully saturated rings. The standard InChI is InChI=1S/C14H17N3O2S/c1-8-10-12(17-9-5-3-4-6-9)15-7-16-13(10)20-11(8)14(18)19-2/h7,9H,3-6H2,1-2H3,(H,15,16,17). The molecule has 3 rings (SSSR count). The maximum absolute atomic E-state index is 11.8. The minimum Gasteiger partial charge on any atom is -0.465 e. The third kappa shape index (κ3) is 2.24. The number of anilines is 1. The number of methoxy groups -OCH3 is 1. The Morgan fingerprint density at radius 3 is 2.85 bits per heavy atom. The molecule has 2 heterocycles. The van der Waals surface area contributed by atoms with Crippen molar-refractivity contribution in [2.24, 2.45) is 0 Å². The largest absolute Gasteiger partial charge is 0.465 e. The summed E-state index contributed by atoms with van der Waals surface area (Å²) in [4.78, 5) is 21.9. The summed E-state index contributed by atoms with van der Waals surface area (Å²) in [5, 5.41) is 4.45. The molecule has 0 unspecified atom stereocenters. The van der Waals surface area contributed by atoms with Gasteiger partial charge in [0.25, 0.3) is 0 Å². The minimum atomic E-state index is -0.308. The molecule has 5 nitrogen and oxygen atoms in total. The van der Waals surface area contributed by atoms with Crippen LogP contribution in [0.3, 0.4) is 0 Å². The summed E-state index contributed by atoms with van der Waals surface area (Å²) >= 11 is 1.36. The van der Waals surface area contributed by atoms with E-state index in [4.69, 9.17) is 4.74 Å². The van der Waals surface area contributed by atoms with Crippen LogP contribution in [0.5, 0.6) is 0 Å². The Balaban J connectivity index is 2.03. The van der Waals surface area contributed by atoms with Crippen molar-refractivity contribution in [3.63, 3.8) is 0 Å². The normalized spacial score (nSPS) is 15.7. The molecule has 0 aliphatic heterocycles. The predicted molar refractivity (Wildman–Crippen MR) is 79.4 cm³/mol. The van der Waals surface area contributed by atoms with Crippen molar-refractivity contribution in [1.29, 1.82) is 0 Å². The zero-order valence-corrected chi connectivity index (χ0v) is 12.4. The third-order valence-electron chi connectivity index (χ3n) is 3.79. The molecule has 1 N–H and O–H groups in total. The predicted octanol–water partition coefficient (Wildman–Crippen LogP) is 3.14. The van der Waals surface area contributed by atoms with E-state index in [9.17, 15) is 4.79 Å². The van der Waals surface area contributed by atoms with Gasteiger partial charge in [-0.3, -0.25) is 0 Å². The van der Waals surface area contributed by atoms with E-state index in [0.717, 1.165) is 21.6 Å². The first-order valence-electron chi connectivity index (χ1n) is 6.79. The summed E-state index contributed by atoms with van der Waals surface area (Å²) in [6.07, 6.45) is 6.44. The van der Waals surface area contributed by atoms with Crippen LogP contribution in [0.1, 0.15) is 40.9 Å². The zero-order chi connectivity index (χ0) is 14.1. The molecule has 20 heavy (non-hydrogen) atoms. The number of carbonyl (C=O) groups is 1. The smallest absolute Gasteiger partial charge is 0.348 e. The van der Waals surface area contributed by atoms with E-state index in [-0.39, 0.29) is 5.97 Å². The Hall–Kier alpha value is -1.69. The van der Waals surface area contributed by atoms with E-state index in [0.29, 0.717) is 10.9 Å². The molecular weight excluding hydrogens is 274 g/mol. The number of ether oxygens (including phenoxy) is 1. The molecule has 0 atom stereocenters. The maximum atomic E-state index is 11.8. The van der Waals surface area contributed by atoms with Crippen molar-refractivity contribution < 1.29 is 9.53 Å². The number of thiophene rings is 1. The van der Waals surface area contributed by atoms with E-state index in [1.165, 1.54) is 44.1 Å². The number of nitrogens with one attached hydrogen (secondary N) is 1. The molecule has 0 saturated heterocycles. The second kappa shape index (κ2) is 5.36. The molecule has 0 aromatic carbocycles. The van der Waals surface area contributed by atoms with Gasteiger partial charge in [-0.15, -0.1) is 11.3 Å². The highest BCUT2D eigenvalue weighted by Crippen LogP contribution is 2.34. The number of fused-ring (bicyclic) bond motifs is 1. The Morgan fingerprint density at radius 1 is 1.40 bits per heavy atom. The SMILES string of the molecule is COC(=O)c1sc2ncnc(NC3CCCC3)c2c1C. The van der Waals surface area contributed by atoms with Gasteiger partial charge in [0.2, 0.25) is 0 Å². The second-order valence-corrected chi connectivity index (χ2v) is 6.07. The summed E-state index contributed by atoms with van der Waals surface area (Å²) in [7, 11) is 1.40. The van der Waals surface area contributed by atoms with Crippen molar-refractivity contribution in [2.45, 2.75) is 38.6 Å². The van der Waals surface area contributed by atoms with Crippen LogP contribution in [-0.4, -0.2) is 29.1 Å². The number of nitrogens with zero attached hydrogens (tertiary/aromatic N) is 2. The van der Waals surface area contributed by atoms with Crippen molar-refractivity contribution >= 4 is 33.3 Å². The van der Waals surface area contributed by atoms with Gasteiger partial charge < -0.3 is 10.1 Å². The average molecular weight is 291 g/mol. The lowest BCUT2D eigenvalue weighted by Gasteiger charge is -2.13. The highest BCUT2D eigenvalue weighted by atomic mass is 32.1. The van der Waals surface area contributed by atoms with Crippen LogP contribution in [0, 0.1) is 6.92 Å². The molecule has 1 aliphatic rings. The maximum Gasteiger partial charge on any atom is 0.348 e. The van der Waals surface area contributed by atoms with Gasteiger partial charge in [-0.1, -0.05) is 12.8 Å². The third-order valence-corrected chi connectivity index (χ3v) is 4.97. The topological polar surface area (TPSA) is 64.1 Å². The Labute approximate surface area is 121 Å². The molecule has 1 aliphatic carbocycles. The number of esters is 1. The summed E-state index contributed by atoms with van der Waals surface area (Å²) < 4.78 is 4.82. The second-order valence-electron chi connectivity index (χ2n) is 5.08. The average Bonchev–Trinajstić information content (AvgIpc) is 3.07. The molecule has 0 amide bonds. The summed E-state index contributed by atoms with van der Waals surface area (Å²) in [5.74, 6) is 0.531.